The second-order valence-electron chi connectivity index (χ2n) is 4.10. The fraction of sp³-hybridized carbons (Fsp3) is 0.889. The Labute approximate surface area is 85.2 Å². The van der Waals surface area contributed by atoms with E-state index in [0.29, 0.717) is 17.6 Å². The van der Waals surface area contributed by atoms with Crippen molar-refractivity contribution >= 4 is 6.47 Å². The SMILES string of the molecule is CC(O)C[N+](C)(C)CC(C)O.O=C[O-]. The van der Waals surface area contributed by atoms with Crippen LogP contribution in [-0.4, -0.2) is 60.6 Å². The fourth-order valence-corrected chi connectivity index (χ4v) is 1.51. The van der Waals surface area contributed by atoms with E-state index in [9.17, 15) is 0 Å². The third-order valence-electron chi connectivity index (χ3n) is 1.52. The van der Waals surface area contributed by atoms with E-state index in [2.05, 4.69) is 0 Å². The summed E-state index contributed by atoms with van der Waals surface area (Å²) in [6, 6.07) is 0. The Balaban J connectivity index is 0. The summed E-state index contributed by atoms with van der Waals surface area (Å²) in [6.07, 6.45) is -0.604. The van der Waals surface area contributed by atoms with Crippen molar-refractivity contribution in [1.82, 2.24) is 0 Å². The van der Waals surface area contributed by atoms with E-state index in [-0.39, 0.29) is 12.2 Å². The van der Waals surface area contributed by atoms with Gasteiger partial charge in [-0.15, -0.1) is 0 Å². The number of aliphatic hydroxyl groups excluding tert-OH is 2. The van der Waals surface area contributed by atoms with Crippen LogP contribution in [0.2, 0.25) is 0 Å². The van der Waals surface area contributed by atoms with E-state index >= 15 is 0 Å². The lowest BCUT2D eigenvalue weighted by Crippen LogP contribution is -2.48. The number of likely N-dealkylation sites (N-methyl/N-ethyl adjacent to an activating group) is 1. The standard InChI is InChI=1S/C8H20NO2.CH2O2/c1-7(10)5-9(3,4)6-8(2)11;2-1-3/h7-8,10-11H,5-6H2,1-4H3;1H,(H,2,3)/q+1;/p-1. The summed E-state index contributed by atoms with van der Waals surface area (Å²) >= 11 is 0. The molecule has 0 aliphatic carbocycles. The Morgan fingerprint density at radius 1 is 1.21 bits per heavy atom. The highest BCUT2D eigenvalue weighted by molar-refractivity contribution is 5.29. The van der Waals surface area contributed by atoms with Crippen molar-refractivity contribution in [3.63, 3.8) is 0 Å². The largest absolute Gasteiger partial charge is 0.554 e. The summed E-state index contributed by atoms with van der Waals surface area (Å²) in [5.74, 6) is 0. The van der Waals surface area contributed by atoms with E-state index in [1.165, 1.54) is 0 Å². The minimum absolute atomic E-state index is 0.302. The molecule has 0 spiro atoms. The molecule has 0 bridgehead atoms. The normalized spacial score (nSPS) is 15.0. The number of quaternary nitrogens is 1. The molecule has 0 heterocycles. The Bertz CT molecular complexity index is 134. The lowest BCUT2D eigenvalue weighted by atomic mass is 10.3. The summed E-state index contributed by atoms with van der Waals surface area (Å²) in [5.41, 5.74) is 0. The number of hydrogen-bond donors (Lipinski definition) is 2. The summed E-state index contributed by atoms with van der Waals surface area (Å²) in [4.78, 5) is 8.25. The Morgan fingerprint density at radius 2 is 1.43 bits per heavy atom. The average molecular weight is 207 g/mol. The molecule has 5 nitrogen and oxygen atoms in total. The smallest absolute Gasteiger partial charge is 0.104 e. The lowest BCUT2D eigenvalue weighted by Gasteiger charge is -2.31. The molecule has 0 rings (SSSR count). The van der Waals surface area contributed by atoms with Crippen LogP contribution in [0.3, 0.4) is 0 Å². The zero-order valence-corrected chi connectivity index (χ0v) is 9.30. The van der Waals surface area contributed by atoms with Crippen LogP contribution in [0.25, 0.3) is 0 Å². The van der Waals surface area contributed by atoms with E-state index in [0.717, 1.165) is 0 Å². The molecule has 0 aliphatic rings. The molecular formula is C9H21NO4. The van der Waals surface area contributed by atoms with Crippen molar-refractivity contribution in [1.29, 1.82) is 0 Å². The number of nitrogens with zero attached hydrogens (tertiary/aromatic N) is 1. The van der Waals surface area contributed by atoms with Crippen LogP contribution < -0.4 is 5.11 Å². The van der Waals surface area contributed by atoms with Gasteiger partial charge in [-0.25, -0.2) is 0 Å². The second-order valence-corrected chi connectivity index (χ2v) is 4.10. The zero-order valence-electron chi connectivity index (χ0n) is 9.30. The van der Waals surface area contributed by atoms with Gasteiger partial charge in [0, 0.05) is 6.47 Å². The first-order valence-corrected chi connectivity index (χ1v) is 4.49. The number of rotatable bonds is 4. The van der Waals surface area contributed by atoms with Gasteiger partial charge in [-0.05, 0) is 13.8 Å². The van der Waals surface area contributed by atoms with Crippen molar-refractivity contribution in [2.75, 3.05) is 27.2 Å². The van der Waals surface area contributed by atoms with E-state index in [1.807, 2.05) is 14.1 Å². The van der Waals surface area contributed by atoms with Crippen molar-refractivity contribution in [3.8, 4) is 0 Å². The molecule has 14 heavy (non-hydrogen) atoms. The molecule has 2 N–H and O–H groups in total. The van der Waals surface area contributed by atoms with Gasteiger partial charge in [0.15, 0.2) is 0 Å². The highest BCUT2D eigenvalue weighted by Crippen LogP contribution is 2.01. The number of carbonyl (C=O) groups is 1. The van der Waals surface area contributed by atoms with E-state index < -0.39 is 6.47 Å². The van der Waals surface area contributed by atoms with Crippen LogP contribution in [-0.2, 0) is 4.79 Å². The number of carbonyl (C=O) groups excluding carboxylic acids is 1. The third kappa shape index (κ3) is 13.9. The van der Waals surface area contributed by atoms with Gasteiger partial charge in [-0.1, -0.05) is 0 Å². The van der Waals surface area contributed by atoms with Crippen molar-refractivity contribution in [2.24, 2.45) is 0 Å². The third-order valence-corrected chi connectivity index (χ3v) is 1.52. The first-order valence-electron chi connectivity index (χ1n) is 4.49. The summed E-state index contributed by atoms with van der Waals surface area (Å²) in [5, 5.41) is 26.5. The predicted octanol–water partition coefficient (Wildman–Crippen LogP) is -1.81. The topological polar surface area (TPSA) is 80.6 Å². The number of hydrogen-bond acceptors (Lipinski definition) is 4. The quantitative estimate of drug-likeness (QED) is 0.420. The molecule has 0 fully saturated rings. The van der Waals surface area contributed by atoms with Crippen LogP contribution >= 0.6 is 0 Å². The maximum Gasteiger partial charge on any atom is 0.104 e. The van der Waals surface area contributed by atoms with Crippen molar-refractivity contribution < 1.29 is 24.6 Å². The van der Waals surface area contributed by atoms with Gasteiger partial charge in [0.1, 0.15) is 25.3 Å². The maximum absolute atomic E-state index is 9.10. The summed E-state index contributed by atoms with van der Waals surface area (Å²) < 4.78 is 0.662. The Hall–Kier alpha value is -0.650. The van der Waals surface area contributed by atoms with Crippen LogP contribution in [0.1, 0.15) is 13.8 Å². The summed E-state index contributed by atoms with van der Waals surface area (Å²) in [7, 11) is 4.00. The second kappa shape index (κ2) is 7.73. The zero-order chi connectivity index (χ0) is 11.8. The molecule has 0 aromatic carbocycles. The Morgan fingerprint density at radius 3 is 1.57 bits per heavy atom. The highest BCUT2D eigenvalue weighted by Gasteiger charge is 2.19. The van der Waals surface area contributed by atoms with Crippen molar-refractivity contribution in [2.45, 2.75) is 26.1 Å². The molecule has 0 saturated heterocycles. The van der Waals surface area contributed by atoms with Crippen LogP contribution in [0.5, 0.6) is 0 Å². The first kappa shape index (κ1) is 15.8. The van der Waals surface area contributed by atoms with Crippen LogP contribution in [0, 0.1) is 0 Å². The molecular weight excluding hydrogens is 186 g/mol. The van der Waals surface area contributed by atoms with Crippen LogP contribution in [0.15, 0.2) is 0 Å². The molecule has 5 heteroatoms. The van der Waals surface area contributed by atoms with Gasteiger partial charge in [-0.2, -0.15) is 0 Å². The average Bonchev–Trinajstić information content (AvgIpc) is 1.80. The number of aliphatic hydroxyl groups is 2. The van der Waals surface area contributed by atoms with Crippen molar-refractivity contribution in [3.05, 3.63) is 0 Å². The highest BCUT2D eigenvalue weighted by atomic mass is 16.3. The molecule has 0 aromatic heterocycles. The molecule has 0 aromatic rings. The Kier molecular flexibility index (Phi) is 8.72. The van der Waals surface area contributed by atoms with Crippen LogP contribution in [0.4, 0.5) is 0 Å². The molecule has 0 saturated carbocycles. The summed E-state index contributed by atoms with van der Waals surface area (Å²) in [6.45, 7) is 4.40. The number of carboxylic acid groups (broad SMARTS) is 1. The van der Waals surface area contributed by atoms with E-state index in [1.54, 1.807) is 13.8 Å². The molecule has 0 amide bonds. The van der Waals surface area contributed by atoms with Gasteiger partial charge < -0.3 is 24.6 Å². The maximum atomic E-state index is 9.10. The van der Waals surface area contributed by atoms with Gasteiger partial charge in [0.05, 0.1) is 14.1 Å². The monoisotopic (exact) mass is 207 g/mol. The van der Waals surface area contributed by atoms with Gasteiger partial charge >= 0.3 is 0 Å². The van der Waals surface area contributed by atoms with Gasteiger partial charge in [0.25, 0.3) is 0 Å². The lowest BCUT2D eigenvalue weighted by molar-refractivity contribution is -0.895. The molecule has 86 valence electrons. The molecule has 2 atom stereocenters. The van der Waals surface area contributed by atoms with Gasteiger partial charge in [0.2, 0.25) is 0 Å². The molecule has 0 aliphatic heterocycles. The molecule has 2 unspecified atom stereocenters. The van der Waals surface area contributed by atoms with E-state index in [4.69, 9.17) is 20.1 Å². The predicted molar refractivity (Wildman–Crippen MR) is 51.3 cm³/mol. The van der Waals surface area contributed by atoms with Gasteiger partial charge in [-0.3, -0.25) is 0 Å². The minimum Gasteiger partial charge on any atom is -0.554 e. The first-order chi connectivity index (χ1) is 6.25. The fourth-order valence-electron chi connectivity index (χ4n) is 1.51. The minimum atomic E-state index is -0.500. The molecule has 0 radical (unpaired) electrons.